The highest BCUT2D eigenvalue weighted by Gasteiger charge is 2.15. The van der Waals surface area contributed by atoms with Crippen molar-refractivity contribution in [1.82, 2.24) is 15.5 Å². The van der Waals surface area contributed by atoms with Crippen molar-refractivity contribution in [1.29, 1.82) is 0 Å². The molecule has 0 aliphatic rings. The number of hydrogen-bond acceptors (Lipinski definition) is 8. The van der Waals surface area contributed by atoms with Crippen LogP contribution in [0.15, 0.2) is 52.9 Å². The van der Waals surface area contributed by atoms with Gasteiger partial charge in [-0.05, 0) is 44.2 Å². The molecule has 0 spiro atoms. The number of carbonyl (C=O) groups excluding carboxylic acids is 3. The summed E-state index contributed by atoms with van der Waals surface area (Å²) in [6.45, 7) is 5.20. The van der Waals surface area contributed by atoms with Gasteiger partial charge in [0.15, 0.2) is 4.34 Å². The van der Waals surface area contributed by atoms with Gasteiger partial charge in [0, 0.05) is 24.3 Å². The Morgan fingerprint density at radius 3 is 2.52 bits per heavy atom. The van der Waals surface area contributed by atoms with E-state index in [0.717, 1.165) is 5.69 Å². The Kier molecular flexibility index (Phi) is 8.39. The van der Waals surface area contributed by atoms with Crippen LogP contribution in [0.1, 0.15) is 31.1 Å². The molecule has 0 unspecified atom stereocenters. The third kappa shape index (κ3) is 7.58. The van der Waals surface area contributed by atoms with Gasteiger partial charge in [0.05, 0.1) is 17.0 Å². The molecular formula is C22H24N6O3S2. The molecule has 3 rings (SSSR count). The minimum atomic E-state index is -0.252. The number of amides is 3. The van der Waals surface area contributed by atoms with E-state index in [1.54, 1.807) is 36.4 Å². The largest absolute Gasteiger partial charge is 0.350 e. The first-order valence-electron chi connectivity index (χ1n) is 10.1. The van der Waals surface area contributed by atoms with Gasteiger partial charge in [-0.3, -0.25) is 14.4 Å². The first kappa shape index (κ1) is 24.2. The molecule has 0 bridgehead atoms. The number of aromatic nitrogens is 2. The molecule has 1 aromatic heterocycles. The van der Waals surface area contributed by atoms with Gasteiger partial charge in [-0.15, -0.1) is 10.2 Å². The second-order valence-electron chi connectivity index (χ2n) is 7.27. The lowest BCUT2D eigenvalue weighted by molar-refractivity contribution is -0.114. The molecule has 0 aliphatic heterocycles. The summed E-state index contributed by atoms with van der Waals surface area (Å²) in [5, 5.41) is 20.2. The Morgan fingerprint density at radius 1 is 1.00 bits per heavy atom. The van der Waals surface area contributed by atoms with Crippen molar-refractivity contribution < 1.29 is 14.4 Å². The van der Waals surface area contributed by atoms with E-state index in [1.165, 1.54) is 30.0 Å². The number of carbonyl (C=O) groups is 3. The summed E-state index contributed by atoms with van der Waals surface area (Å²) in [5.74, 6) is -0.524. The Balaban J connectivity index is 1.55. The first-order valence-corrected chi connectivity index (χ1v) is 11.9. The summed E-state index contributed by atoms with van der Waals surface area (Å²) >= 11 is 2.56. The Bertz CT molecular complexity index is 1150. The lowest BCUT2D eigenvalue weighted by Crippen LogP contribution is -2.31. The third-order valence-corrected chi connectivity index (χ3v) is 6.00. The van der Waals surface area contributed by atoms with Crippen LogP contribution in [0.5, 0.6) is 0 Å². The molecule has 2 aromatic carbocycles. The maximum absolute atomic E-state index is 12.4. The number of benzene rings is 2. The highest BCUT2D eigenvalue weighted by molar-refractivity contribution is 8.01. The zero-order valence-corrected chi connectivity index (χ0v) is 20.0. The number of para-hydroxylation sites is 1. The number of rotatable bonds is 9. The molecular weight excluding hydrogens is 460 g/mol. The van der Waals surface area contributed by atoms with Gasteiger partial charge in [-0.2, -0.15) is 0 Å². The van der Waals surface area contributed by atoms with E-state index in [4.69, 9.17) is 0 Å². The molecule has 4 N–H and O–H groups in total. The standard InChI is InChI=1S/C22H24N6O3S2/c1-13(2)23-20(31)17-9-4-5-10-18(17)26-19(30)12-32-22-28-27-21(33-22)25-16-8-6-7-15(11-16)24-14(3)29/h4-11,13H,12H2,1-3H3,(H,23,31)(H,24,29)(H,25,27)(H,26,30). The van der Waals surface area contributed by atoms with Crippen LogP contribution in [-0.2, 0) is 9.59 Å². The molecule has 0 fully saturated rings. The second-order valence-corrected chi connectivity index (χ2v) is 9.47. The van der Waals surface area contributed by atoms with Gasteiger partial charge in [0.25, 0.3) is 5.91 Å². The number of anilines is 4. The van der Waals surface area contributed by atoms with Gasteiger partial charge < -0.3 is 21.3 Å². The minimum Gasteiger partial charge on any atom is -0.350 e. The Morgan fingerprint density at radius 2 is 1.76 bits per heavy atom. The van der Waals surface area contributed by atoms with Crippen molar-refractivity contribution in [2.75, 3.05) is 21.7 Å². The number of nitrogens with one attached hydrogen (secondary N) is 4. The lowest BCUT2D eigenvalue weighted by Gasteiger charge is -2.12. The average Bonchev–Trinajstić information content (AvgIpc) is 3.19. The second kappa shape index (κ2) is 11.4. The molecule has 0 saturated heterocycles. The molecule has 3 aromatic rings. The van der Waals surface area contributed by atoms with Gasteiger partial charge in [-0.1, -0.05) is 41.3 Å². The van der Waals surface area contributed by atoms with Crippen molar-refractivity contribution in [3.8, 4) is 0 Å². The molecule has 0 atom stereocenters. The molecule has 11 heteroatoms. The fourth-order valence-corrected chi connectivity index (χ4v) is 4.34. The normalized spacial score (nSPS) is 10.5. The SMILES string of the molecule is CC(=O)Nc1cccc(Nc2nnc(SCC(=O)Nc3ccccc3C(=O)NC(C)C)s2)c1. The zero-order valence-electron chi connectivity index (χ0n) is 18.3. The fraction of sp³-hybridized carbons (Fsp3) is 0.227. The molecule has 3 amide bonds. The highest BCUT2D eigenvalue weighted by atomic mass is 32.2. The van der Waals surface area contributed by atoms with E-state index in [0.29, 0.717) is 26.4 Å². The monoisotopic (exact) mass is 484 g/mol. The summed E-state index contributed by atoms with van der Waals surface area (Å²) in [6.07, 6.45) is 0. The molecule has 0 radical (unpaired) electrons. The smallest absolute Gasteiger partial charge is 0.253 e. The average molecular weight is 485 g/mol. The topological polar surface area (TPSA) is 125 Å². The minimum absolute atomic E-state index is 0.00936. The van der Waals surface area contributed by atoms with Gasteiger partial charge in [0.2, 0.25) is 16.9 Å². The van der Waals surface area contributed by atoms with Gasteiger partial charge in [-0.25, -0.2) is 0 Å². The zero-order chi connectivity index (χ0) is 23.8. The first-order chi connectivity index (χ1) is 15.8. The van der Waals surface area contributed by atoms with Crippen LogP contribution in [0.4, 0.5) is 22.2 Å². The predicted octanol–water partition coefficient (Wildman–Crippen LogP) is 4.11. The molecule has 1 heterocycles. The van der Waals surface area contributed by atoms with Crippen molar-refractivity contribution in [3.05, 3.63) is 54.1 Å². The van der Waals surface area contributed by atoms with Crippen LogP contribution < -0.4 is 21.3 Å². The van der Waals surface area contributed by atoms with Crippen LogP contribution in [0, 0.1) is 0 Å². The summed E-state index contributed by atoms with van der Waals surface area (Å²) < 4.78 is 0.622. The Labute approximate surface area is 199 Å². The summed E-state index contributed by atoms with van der Waals surface area (Å²) in [4.78, 5) is 36.0. The van der Waals surface area contributed by atoms with E-state index in [1.807, 2.05) is 26.0 Å². The maximum atomic E-state index is 12.4. The van der Waals surface area contributed by atoms with Crippen LogP contribution in [-0.4, -0.2) is 39.7 Å². The number of hydrogen-bond donors (Lipinski definition) is 4. The maximum Gasteiger partial charge on any atom is 0.253 e. The van der Waals surface area contributed by atoms with Crippen LogP contribution >= 0.6 is 23.1 Å². The van der Waals surface area contributed by atoms with Crippen molar-refractivity contribution in [3.63, 3.8) is 0 Å². The predicted molar refractivity (Wildman–Crippen MR) is 132 cm³/mol. The number of nitrogens with zero attached hydrogens (tertiary/aromatic N) is 2. The summed E-state index contributed by atoms with van der Waals surface area (Å²) in [6, 6.07) is 14.1. The van der Waals surface area contributed by atoms with Crippen molar-refractivity contribution in [2.45, 2.75) is 31.2 Å². The Hall–Kier alpha value is -3.44. The van der Waals surface area contributed by atoms with E-state index in [-0.39, 0.29) is 29.5 Å². The van der Waals surface area contributed by atoms with E-state index >= 15 is 0 Å². The van der Waals surface area contributed by atoms with Gasteiger partial charge in [0.1, 0.15) is 0 Å². The third-order valence-electron chi connectivity index (χ3n) is 4.03. The van der Waals surface area contributed by atoms with Crippen molar-refractivity contribution in [2.24, 2.45) is 0 Å². The van der Waals surface area contributed by atoms with Crippen LogP contribution in [0.25, 0.3) is 0 Å². The van der Waals surface area contributed by atoms with Crippen LogP contribution in [0.2, 0.25) is 0 Å². The highest BCUT2D eigenvalue weighted by Crippen LogP contribution is 2.28. The molecule has 9 nitrogen and oxygen atoms in total. The quantitative estimate of drug-likeness (QED) is 0.337. The molecule has 0 aliphatic carbocycles. The van der Waals surface area contributed by atoms with Gasteiger partial charge >= 0.3 is 0 Å². The van der Waals surface area contributed by atoms with Crippen LogP contribution in [0.3, 0.4) is 0 Å². The van der Waals surface area contributed by atoms with Crippen molar-refractivity contribution >= 4 is 63.0 Å². The summed E-state index contributed by atoms with van der Waals surface area (Å²) in [5.41, 5.74) is 2.29. The van der Waals surface area contributed by atoms with E-state index in [2.05, 4.69) is 31.5 Å². The molecule has 33 heavy (non-hydrogen) atoms. The molecule has 0 saturated carbocycles. The number of thioether (sulfide) groups is 1. The lowest BCUT2D eigenvalue weighted by atomic mass is 10.1. The van der Waals surface area contributed by atoms with E-state index in [9.17, 15) is 14.4 Å². The summed E-state index contributed by atoms with van der Waals surface area (Å²) in [7, 11) is 0. The fourth-order valence-electron chi connectivity index (χ4n) is 2.76. The van der Waals surface area contributed by atoms with E-state index < -0.39 is 0 Å². The molecule has 172 valence electrons.